The van der Waals surface area contributed by atoms with E-state index in [4.69, 9.17) is 10.8 Å². The molecule has 0 fully saturated rings. The second-order valence-electron chi connectivity index (χ2n) is 3.24. The molecule has 0 spiro atoms. The number of sulfone groups is 1. The van der Waals surface area contributed by atoms with E-state index in [9.17, 15) is 13.2 Å². The maximum absolute atomic E-state index is 11.2. The minimum absolute atomic E-state index is 0.0760. The number of anilines is 1. The molecule has 0 atom stereocenters. The van der Waals surface area contributed by atoms with E-state index in [0.717, 1.165) is 17.0 Å². The maximum Gasteiger partial charge on any atom is 0.341 e. The van der Waals surface area contributed by atoms with Gasteiger partial charge in [-0.1, -0.05) is 0 Å². The molecule has 0 unspecified atom stereocenters. The largest absolute Gasteiger partial charge is 0.477 e. The molecular weight excluding hydrogens is 250 g/mol. The molecule has 9 nitrogen and oxygen atoms in total. The molecule has 2 aromatic heterocycles. The van der Waals surface area contributed by atoms with Crippen LogP contribution in [0.4, 0.5) is 5.82 Å². The number of hydrogen-bond acceptors (Lipinski definition) is 7. The lowest BCUT2D eigenvalue weighted by atomic mass is 10.3. The topological polar surface area (TPSA) is 141 Å². The van der Waals surface area contributed by atoms with Gasteiger partial charge in [-0.3, -0.25) is 0 Å². The highest BCUT2D eigenvalue weighted by Gasteiger charge is 2.19. The van der Waals surface area contributed by atoms with E-state index >= 15 is 0 Å². The standard InChI is InChI=1S/C7H7N5O4S/c1-17(15,16)7-10-6-9-2-3(5(13)14)4(8)12(6)11-7/h2H,8H2,1H3,(H,13,14). The molecule has 0 radical (unpaired) electrons. The summed E-state index contributed by atoms with van der Waals surface area (Å²) in [5, 5.41) is 11.9. The van der Waals surface area contributed by atoms with Gasteiger partial charge in [-0.25, -0.2) is 18.2 Å². The molecule has 0 aliphatic heterocycles. The molecule has 0 saturated heterocycles. The number of nitrogen functional groups attached to an aromatic ring is 1. The first-order valence-electron chi connectivity index (χ1n) is 4.25. The van der Waals surface area contributed by atoms with Crippen molar-refractivity contribution in [3.05, 3.63) is 11.8 Å². The van der Waals surface area contributed by atoms with Gasteiger partial charge >= 0.3 is 5.97 Å². The van der Waals surface area contributed by atoms with Crippen molar-refractivity contribution < 1.29 is 18.3 Å². The molecule has 2 heterocycles. The molecule has 0 aliphatic rings. The molecule has 2 rings (SSSR count). The van der Waals surface area contributed by atoms with Crippen molar-refractivity contribution in [1.29, 1.82) is 0 Å². The molecule has 17 heavy (non-hydrogen) atoms. The van der Waals surface area contributed by atoms with Crippen LogP contribution in [0.15, 0.2) is 11.4 Å². The molecule has 90 valence electrons. The third kappa shape index (κ3) is 1.78. The summed E-state index contributed by atoms with van der Waals surface area (Å²) in [6.45, 7) is 0. The summed E-state index contributed by atoms with van der Waals surface area (Å²) >= 11 is 0. The number of aromatic carboxylic acids is 1. The Morgan fingerprint density at radius 1 is 1.53 bits per heavy atom. The predicted molar refractivity (Wildman–Crippen MR) is 55.3 cm³/mol. The summed E-state index contributed by atoms with van der Waals surface area (Å²) < 4.78 is 23.3. The van der Waals surface area contributed by atoms with Gasteiger partial charge in [0.15, 0.2) is 0 Å². The quantitative estimate of drug-likeness (QED) is 0.684. The zero-order valence-electron chi connectivity index (χ0n) is 8.52. The number of carboxylic acids is 1. The van der Waals surface area contributed by atoms with Crippen LogP contribution in [0.1, 0.15) is 10.4 Å². The first-order valence-corrected chi connectivity index (χ1v) is 6.14. The molecule has 2 aromatic rings. The number of nitrogens with zero attached hydrogens (tertiary/aromatic N) is 4. The summed E-state index contributed by atoms with van der Waals surface area (Å²) in [4.78, 5) is 18.1. The molecule has 0 amide bonds. The first-order chi connectivity index (χ1) is 7.80. The summed E-state index contributed by atoms with van der Waals surface area (Å²) in [7, 11) is -3.60. The Hall–Kier alpha value is -2.23. The number of carboxylic acid groups (broad SMARTS) is 1. The third-order valence-corrected chi connectivity index (χ3v) is 2.78. The van der Waals surface area contributed by atoms with Crippen LogP contribution in [0.2, 0.25) is 0 Å². The summed E-state index contributed by atoms with van der Waals surface area (Å²) in [5.41, 5.74) is 5.25. The van der Waals surface area contributed by atoms with Gasteiger partial charge in [0.1, 0.15) is 11.4 Å². The number of rotatable bonds is 2. The van der Waals surface area contributed by atoms with E-state index in [-0.39, 0.29) is 17.2 Å². The highest BCUT2D eigenvalue weighted by Crippen LogP contribution is 2.13. The van der Waals surface area contributed by atoms with Crippen LogP contribution in [-0.4, -0.2) is 45.3 Å². The summed E-state index contributed by atoms with van der Waals surface area (Å²) in [6.07, 6.45) is 1.92. The van der Waals surface area contributed by atoms with Crippen molar-refractivity contribution >= 4 is 27.4 Å². The zero-order valence-corrected chi connectivity index (χ0v) is 9.34. The van der Waals surface area contributed by atoms with Gasteiger partial charge in [0.25, 0.3) is 10.9 Å². The Labute approximate surface area is 94.8 Å². The van der Waals surface area contributed by atoms with Crippen molar-refractivity contribution in [1.82, 2.24) is 19.6 Å². The van der Waals surface area contributed by atoms with Crippen LogP contribution >= 0.6 is 0 Å². The van der Waals surface area contributed by atoms with Crippen molar-refractivity contribution in [2.45, 2.75) is 5.16 Å². The van der Waals surface area contributed by atoms with E-state index < -0.39 is 21.0 Å². The second-order valence-corrected chi connectivity index (χ2v) is 5.15. The predicted octanol–water partition coefficient (Wildman–Crippen LogP) is -1.19. The minimum atomic E-state index is -3.60. The average Bonchev–Trinajstić information content (AvgIpc) is 2.61. The van der Waals surface area contributed by atoms with Crippen molar-refractivity contribution in [2.75, 3.05) is 12.0 Å². The Kier molecular flexibility index (Phi) is 2.24. The summed E-state index contributed by atoms with van der Waals surface area (Å²) in [5.74, 6) is -1.59. The van der Waals surface area contributed by atoms with Gasteiger partial charge in [0.2, 0.25) is 9.84 Å². The zero-order chi connectivity index (χ0) is 12.8. The molecule has 3 N–H and O–H groups in total. The first kappa shape index (κ1) is 11.3. The lowest BCUT2D eigenvalue weighted by molar-refractivity contribution is 0.0697. The van der Waals surface area contributed by atoms with Gasteiger partial charge in [-0.05, 0) is 0 Å². The molecule has 0 aromatic carbocycles. The monoisotopic (exact) mass is 257 g/mol. The number of nitrogens with two attached hydrogens (primary N) is 1. The Morgan fingerprint density at radius 3 is 2.71 bits per heavy atom. The molecule has 0 aliphatic carbocycles. The lowest BCUT2D eigenvalue weighted by Crippen LogP contribution is -2.09. The minimum Gasteiger partial charge on any atom is -0.477 e. The van der Waals surface area contributed by atoms with Crippen LogP contribution in [-0.2, 0) is 9.84 Å². The molecule has 0 saturated carbocycles. The smallest absolute Gasteiger partial charge is 0.341 e. The number of carbonyl (C=O) groups is 1. The van der Waals surface area contributed by atoms with Gasteiger partial charge in [-0.15, -0.1) is 5.10 Å². The van der Waals surface area contributed by atoms with Crippen LogP contribution in [0.5, 0.6) is 0 Å². The van der Waals surface area contributed by atoms with Gasteiger partial charge in [0.05, 0.1) is 0 Å². The van der Waals surface area contributed by atoms with Crippen molar-refractivity contribution in [3.63, 3.8) is 0 Å². The fourth-order valence-corrected chi connectivity index (χ4v) is 1.63. The van der Waals surface area contributed by atoms with E-state index in [1.165, 1.54) is 0 Å². The molecule has 10 heteroatoms. The number of hydrogen-bond donors (Lipinski definition) is 2. The van der Waals surface area contributed by atoms with E-state index in [1.54, 1.807) is 0 Å². The van der Waals surface area contributed by atoms with Gasteiger partial charge in [-0.2, -0.15) is 9.50 Å². The highest BCUT2D eigenvalue weighted by molar-refractivity contribution is 7.90. The van der Waals surface area contributed by atoms with Crippen LogP contribution in [0, 0.1) is 0 Å². The SMILES string of the molecule is CS(=O)(=O)c1nc2ncc(C(=O)O)c(N)n2n1. The van der Waals surface area contributed by atoms with E-state index in [2.05, 4.69) is 15.1 Å². The van der Waals surface area contributed by atoms with Crippen LogP contribution in [0.3, 0.4) is 0 Å². The van der Waals surface area contributed by atoms with Crippen LogP contribution in [0.25, 0.3) is 5.78 Å². The fourth-order valence-electron chi connectivity index (χ4n) is 1.16. The number of fused-ring (bicyclic) bond motifs is 1. The highest BCUT2D eigenvalue weighted by atomic mass is 32.2. The lowest BCUT2D eigenvalue weighted by Gasteiger charge is -2.00. The van der Waals surface area contributed by atoms with Crippen LogP contribution < -0.4 is 5.73 Å². The van der Waals surface area contributed by atoms with E-state index in [1.807, 2.05) is 0 Å². The van der Waals surface area contributed by atoms with Crippen molar-refractivity contribution in [2.24, 2.45) is 0 Å². The van der Waals surface area contributed by atoms with Crippen molar-refractivity contribution in [3.8, 4) is 0 Å². The maximum atomic E-state index is 11.2. The Bertz CT molecular complexity index is 719. The van der Waals surface area contributed by atoms with Gasteiger partial charge in [0, 0.05) is 12.5 Å². The average molecular weight is 257 g/mol. The third-order valence-electron chi connectivity index (χ3n) is 1.95. The fraction of sp³-hybridized carbons (Fsp3) is 0.143. The molecular formula is C7H7N5O4S. The van der Waals surface area contributed by atoms with Gasteiger partial charge < -0.3 is 10.8 Å². The second kappa shape index (κ2) is 3.38. The Morgan fingerprint density at radius 2 is 2.18 bits per heavy atom. The normalized spacial score (nSPS) is 11.8. The van der Waals surface area contributed by atoms with E-state index in [0.29, 0.717) is 0 Å². The Balaban J connectivity index is 2.79. The summed E-state index contributed by atoms with van der Waals surface area (Å²) in [6, 6.07) is 0. The number of aromatic nitrogens is 4. The molecule has 0 bridgehead atoms.